The van der Waals surface area contributed by atoms with Crippen LogP contribution < -0.4 is 0 Å². The summed E-state index contributed by atoms with van der Waals surface area (Å²) in [7, 11) is 0. The first-order valence-electron chi connectivity index (χ1n) is 15.9. The second-order valence-corrected chi connectivity index (χ2v) is 12.3. The molecule has 7 heteroatoms. The number of unbranched alkanes of at least 4 members (excludes halogenated alkanes) is 2. The van der Waals surface area contributed by atoms with Crippen LogP contribution in [0.4, 0.5) is 0 Å². The van der Waals surface area contributed by atoms with E-state index in [4.69, 9.17) is 19.3 Å². The summed E-state index contributed by atoms with van der Waals surface area (Å²) < 4.78 is 16.6. The van der Waals surface area contributed by atoms with Crippen LogP contribution in [0.5, 0.6) is 0 Å². The van der Waals surface area contributed by atoms with Crippen molar-refractivity contribution in [2.24, 2.45) is 11.8 Å². The number of rotatable bonds is 20. The molecule has 0 spiro atoms. The fraction of sp³-hybridized carbons (Fsp3) is 0.611. The number of esters is 2. The Hall–Kier alpha value is -2.74. The highest BCUT2D eigenvalue weighted by molar-refractivity contribution is 5.88. The maximum Gasteiger partial charge on any atom is 0.335 e. The minimum absolute atomic E-state index is 0.0104. The molecule has 0 bridgehead atoms. The Bertz CT molecular complexity index is 1040. The molecule has 0 saturated heterocycles. The molecule has 0 aromatic heterocycles. The van der Waals surface area contributed by atoms with E-state index in [0.717, 1.165) is 11.5 Å². The van der Waals surface area contributed by atoms with Gasteiger partial charge in [-0.05, 0) is 86.8 Å². The van der Waals surface area contributed by atoms with Gasteiger partial charge in [-0.1, -0.05) is 76.6 Å². The van der Waals surface area contributed by atoms with E-state index >= 15 is 0 Å². The molecule has 1 fully saturated rings. The van der Waals surface area contributed by atoms with Gasteiger partial charge in [0.2, 0.25) is 0 Å². The van der Waals surface area contributed by atoms with Crippen LogP contribution in [-0.4, -0.2) is 54.4 Å². The van der Waals surface area contributed by atoms with E-state index in [9.17, 15) is 14.7 Å². The van der Waals surface area contributed by atoms with E-state index in [-0.39, 0.29) is 36.7 Å². The molecule has 3 unspecified atom stereocenters. The van der Waals surface area contributed by atoms with Crippen molar-refractivity contribution in [3.63, 3.8) is 0 Å². The number of carbonyl (C=O) groups excluding carboxylic acids is 2. The van der Waals surface area contributed by atoms with Gasteiger partial charge in [0.05, 0.1) is 25.4 Å². The topological polar surface area (TPSA) is 102 Å². The molecule has 1 saturated carbocycles. The SMILES string of the molecule is C=C(C)C(=O)OC(CCOC(=O)C(=C)CO)CC(COC(O)C(=C)C)Cc1ccc(C2CCC(CCCCC)CC2)cc1. The summed E-state index contributed by atoms with van der Waals surface area (Å²) in [5, 5.41) is 19.3. The van der Waals surface area contributed by atoms with E-state index in [1.165, 1.54) is 56.9 Å². The van der Waals surface area contributed by atoms with Crippen LogP contribution in [0.1, 0.15) is 102 Å². The molecule has 7 nitrogen and oxygen atoms in total. The molecule has 0 amide bonds. The average Bonchev–Trinajstić information content (AvgIpc) is 2.99. The molecular formula is C36H54O7. The van der Waals surface area contributed by atoms with E-state index in [1.807, 2.05) is 0 Å². The van der Waals surface area contributed by atoms with Crippen LogP contribution in [0.25, 0.3) is 0 Å². The van der Waals surface area contributed by atoms with Gasteiger partial charge in [0.1, 0.15) is 6.10 Å². The minimum Gasteiger partial charge on any atom is -0.462 e. The Morgan fingerprint density at radius 3 is 2.26 bits per heavy atom. The third-order valence-corrected chi connectivity index (χ3v) is 8.32. The highest BCUT2D eigenvalue weighted by atomic mass is 16.6. The van der Waals surface area contributed by atoms with Crippen LogP contribution in [-0.2, 0) is 30.2 Å². The number of aliphatic hydroxyl groups is 2. The number of benzene rings is 1. The number of aliphatic hydroxyl groups excluding tert-OH is 2. The molecule has 3 atom stereocenters. The first-order valence-corrected chi connectivity index (χ1v) is 15.9. The molecular weight excluding hydrogens is 544 g/mol. The standard InChI is InChI=1S/C36H54O7/c1-7-8-9-10-28-11-15-31(16-12-28)32-17-13-29(14-18-32)21-30(24-42-34(38)25(2)3)22-33(43-35(39)26(4)5)19-20-41-36(40)27(6)23-37/h13-14,17-18,28,30-31,33-34,37-38H,2,4,6-12,15-16,19-24H2,1,3,5H3. The number of ether oxygens (including phenoxy) is 3. The van der Waals surface area contributed by atoms with Crippen LogP contribution in [0, 0.1) is 11.8 Å². The predicted octanol–water partition coefficient (Wildman–Crippen LogP) is 6.97. The second-order valence-electron chi connectivity index (χ2n) is 12.3. The van der Waals surface area contributed by atoms with Crippen LogP contribution in [0.3, 0.4) is 0 Å². The highest BCUT2D eigenvalue weighted by Gasteiger charge is 2.25. The monoisotopic (exact) mass is 598 g/mol. The predicted molar refractivity (Wildman–Crippen MR) is 170 cm³/mol. The van der Waals surface area contributed by atoms with E-state index < -0.39 is 30.9 Å². The lowest BCUT2D eigenvalue weighted by Gasteiger charge is -2.29. The quantitative estimate of drug-likeness (QED) is 0.0549. The van der Waals surface area contributed by atoms with Crippen molar-refractivity contribution in [2.75, 3.05) is 19.8 Å². The Morgan fingerprint density at radius 2 is 1.67 bits per heavy atom. The summed E-state index contributed by atoms with van der Waals surface area (Å²) >= 11 is 0. The summed E-state index contributed by atoms with van der Waals surface area (Å²) in [5.74, 6) is 0.159. The van der Waals surface area contributed by atoms with Gasteiger partial charge in [-0.25, -0.2) is 9.59 Å². The van der Waals surface area contributed by atoms with Gasteiger partial charge in [0.25, 0.3) is 0 Å². The van der Waals surface area contributed by atoms with E-state index in [2.05, 4.69) is 50.9 Å². The first kappa shape index (κ1) is 36.5. The fourth-order valence-corrected chi connectivity index (χ4v) is 5.60. The molecule has 1 aliphatic rings. The molecule has 240 valence electrons. The van der Waals surface area contributed by atoms with Gasteiger partial charge < -0.3 is 24.4 Å². The van der Waals surface area contributed by atoms with Gasteiger partial charge in [-0.3, -0.25) is 0 Å². The zero-order valence-electron chi connectivity index (χ0n) is 26.7. The highest BCUT2D eigenvalue weighted by Crippen LogP contribution is 2.38. The molecule has 0 heterocycles. The van der Waals surface area contributed by atoms with Crippen molar-refractivity contribution in [1.29, 1.82) is 0 Å². The van der Waals surface area contributed by atoms with Gasteiger partial charge in [-0.15, -0.1) is 0 Å². The van der Waals surface area contributed by atoms with E-state index in [0.29, 0.717) is 24.3 Å². The van der Waals surface area contributed by atoms with Crippen LogP contribution in [0.15, 0.2) is 60.7 Å². The van der Waals surface area contributed by atoms with Crippen molar-refractivity contribution in [3.05, 3.63) is 71.8 Å². The lowest BCUT2D eigenvalue weighted by Crippen LogP contribution is -2.28. The first-order chi connectivity index (χ1) is 20.5. The summed E-state index contributed by atoms with van der Waals surface area (Å²) in [4.78, 5) is 24.4. The van der Waals surface area contributed by atoms with Crippen molar-refractivity contribution >= 4 is 11.9 Å². The summed E-state index contributed by atoms with van der Waals surface area (Å²) in [5.41, 5.74) is 3.25. The van der Waals surface area contributed by atoms with Crippen molar-refractivity contribution < 1.29 is 34.0 Å². The lowest BCUT2D eigenvalue weighted by atomic mass is 9.77. The minimum atomic E-state index is -1.09. The van der Waals surface area contributed by atoms with Crippen LogP contribution in [0.2, 0.25) is 0 Å². The zero-order valence-corrected chi connectivity index (χ0v) is 26.7. The van der Waals surface area contributed by atoms with Crippen molar-refractivity contribution in [3.8, 4) is 0 Å². The molecule has 0 radical (unpaired) electrons. The number of carbonyl (C=O) groups is 2. The maximum atomic E-state index is 12.4. The Morgan fingerprint density at radius 1 is 1.00 bits per heavy atom. The van der Waals surface area contributed by atoms with Crippen molar-refractivity contribution in [2.45, 2.75) is 110 Å². The average molecular weight is 599 g/mol. The zero-order chi connectivity index (χ0) is 31.8. The molecule has 1 aliphatic carbocycles. The summed E-state index contributed by atoms with van der Waals surface area (Å²) in [6, 6.07) is 8.82. The number of hydrogen-bond donors (Lipinski definition) is 2. The van der Waals surface area contributed by atoms with Gasteiger partial charge >= 0.3 is 11.9 Å². The summed E-state index contributed by atoms with van der Waals surface area (Å²) in [6.07, 6.45) is 10.1. The fourth-order valence-electron chi connectivity index (χ4n) is 5.60. The van der Waals surface area contributed by atoms with Crippen molar-refractivity contribution in [1.82, 2.24) is 0 Å². The molecule has 1 aromatic rings. The Balaban J connectivity index is 2.08. The number of hydrogen-bond acceptors (Lipinski definition) is 7. The Labute approximate surface area is 259 Å². The third-order valence-electron chi connectivity index (χ3n) is 8.32. The van der Waals surface area contributed by atoms with E-state index in [1.54, 1.807) is 13.8 Å². The van der Waals surface area contributed by atoms with Gasteiger partial charge in [0, 0.05) is 12.0 Å². The normalized spacial score (nSPS) is 18.7. The molecule has 0 aliphatic heterocycles. The summed E-state index contributed by atoms with van der Waals surface area (Å²) in [6.45, 7) is 16.2. The third kappa shape index (κ3) is 13.6. The largest absolute Gasteiger partial charge is 0.462 e. The van der Waals surface area contributed by atoms with Crippen LogP contribution >= 0.6 is 0 Å². The maximum absolute atomic E-state index is 12.4. The lowest BCUT2D eigenvalue weighted by molar-refractivity contribution is -0.148. The van der Waals surface area contributed by atoms with Gasteiger partial charge in [-0.2, -0.15) is 0 Å². The Kier molecular flexibility index (Phi) is 16.5. The second kappa shape index (κ2) is 19.5. The molecule has 1 aromatic carbocycles. The van der Waals surface area contributed by atoms with Gasteiger partial charge in [0.15, 0.2) is 6.29 Å². The smallest absolute Gasteiger partial charge is 0.335 e. The molecule has 43 heavy (non-hydrogen) atoms. The molecule has 2 N–H and O–H groups in total. The molecule has 2 rings (SSSR count).